The topological polar surface area (TPSA) is 58.6 Å². The van der Waals surface area contributed by atoms with Crippen LogP contribution in [-0.4, -0.2) is 25.0 Å². The molecule has 0 saturated heterocycles. The van der Waals surface area contributed by atoms with Gasteiger partial charge in [-0.15, -0.1) is 0 Å². The molecule has 5 nitrogen and oxygen atoms in total. The molecule has 136 valence electrons. The van der Waals surface area contributed by atoms with Gasteiger partial charge in [0.1, 0.15) is 12.3 Å². The van der Waals surface area contributed by atoms with Gasteiger partial charge in [-0.2, -0.15) is 0 Å². The van der Waals surface area contributed by atoms with E-state index in [9.17, 15) is 9.59 Å². The van der Waals surface area contributed by atoms with Crippen LogP contribution >= 0.6 is 15.9 Å². The van der Waals surface area contributed by atoms with Crippen LogP contribution in [0.25, 0.3) is 0 Å². The van der Waals surface area contributed by atoms with Gasteiger partial charge in [0.25, 0.3) is 5.91 Å². The first-order valence-electron chi connectivity index (χ1n) is 8.72. The third-order valence-corrected chi connectivity index (χ3v) is 4.68. The molecular weight excluding hydrogens is 396 g/mol. The molecule has 2 aromatic rings. The van der Waals surface area contributed by atoms with Crippen LogP contribution < -0.4 is 15.0 Å². The fourth-order valence-electron chi connectivity index (χ4n) is 2.84. The Morgan fingerprint density at radius 3 is 2.69 bits per heavy atom. The van der Waals surface area contributed by atoms with E-state index < -0.39 is 0 Å². The predicted molar refractivity (Wildman–Crippen MR) is 106 cm³/mol. The molecule has 0 unspecified atom stereocenters. The van der Waals surface area contributed by atoms with Crippen LogP contribution in [0, 0.1) is 0 Å². The average molecular weight is 417 g/mol. The number of nitrogens with one attached hydrogen (secondary N) is 1. The lowest BCUT2D eigenvalue weighted by Crippen LogP contribution is -2.42. The number of carbonyl (C=O) groups is 2. The number of benzene rings is 2. The predicted octanol–water partition coefficient (Wildman–Crippen LogP) is 4.62. The first kappa shape index (κ1) is 18.5. The number of ether oxygens (including phenoxy) is 1. The third-order valence-electron chi connectivity index (χ3n) is 4.19. The van der Waals surface area contributed by atoms with Gasteiger partial charge < -0.3 is 10.1 Å². The lowest BCUT2D eigenvalue weighted by atomic mass is 10.1. The van der Waals surface area contributed by atoms with Crippen molar-refractivity contribution in [1.29, 1.82) is 0 Å². The molecule has 1 N–H and O–H groups in total. The number of hydrogen-bond acceptors (Lipinski definition) is 3. The summed E-state index contributed by atoms with van der Waals surface area (Å²) in [6.07, 6.45) is 3.31. The maximum Gasteiger partial charge on any atom is 0.258 e. The van der Waals surface area contributed by atoms with E-state index in [2.05, 4.69) is 28.2 Å². The van der Waals surface area contributed by atoms with E-state index >= 15 is 0 Å². The van der Waals surface area contributed by atoms with Crippen molar-refractivity contribution in [2.75, 3.05) is 23.4 Å². The van der Waals surface area contributed by atoms with E-state index in [4.69, 9.17) is 4.74 Å². The van der Waals surface area contributed by atoms with Crippen molar-refractivity contribution in [2.45, 2.75) is 26.2 Å². The molecule has 2 aromatic carbocycles. The summed E-state index contributed by atoms with van der Waals surface area (Å²) in [7, 11) is 0. The van der Waals surface area contributed by atoms with Crippen LogP contribution in [-0.2, 0) is 4.79 Å². The monoisotopic (exact) mass is 416 g/mol. The number of nitrogens with zero attached hydrogens (tertiary/aromatic N) is 1. The average Bonchev–Trinajstić information content (AvgIpc) is 2.64. The number of carbonyl (C=O) groups excluding carboxylic acids is 2. The smallest absolute Gasteiger partial charge is 0.258 e. The second kappa shape index (κ2) is 8.36. The molecule has 3 rings (SSSR count). The second-order valence-electron chi connectivity index (χ2n) is 6.18. The van der Waals surface area contributed by atoms with Crippen LogP contribution in [0.5, 0.6) is 5.75 Å². The molecule has 2 amide bonds. The lowest BCUT2D eigenvalue weighted by molar-refractivity contribution is -0.115. The molecule has 0 saturated carbocycles. The Morgan fingerprint density at radius 1 is 1.19 bits per heavy atom. The SMILES string of the molecule is CCCCCOc1ccc(C(=O)N2CC(=O)Nc3cc(Br)ccc32)cc1. The van der Waals surface area contributed by atoms with Crippen LogP contribution in [0.3, 0.4) is 0 Å². The number of hydrogen-bond donors (Lipinski definition) is 1. The summed E-state index contributed by atoms with van der Waals surface area (Å²) in [4.78, 5) is 26.4. The molecule has 1 aliphatic heterocycles. The van der Waals surface area contributed by atoms with Gasteiger partial charge in [0, 0.05) is 10.0 Å². The van der Waals surface area contributed by atoms with Gasteiger partial charge in [-0.05, 0) is 48.9 Å². The number of rotatable bonds is 6. The number of amides is 2. The summed E-state index contributed by atoms with van der Waals surface area (Å²) in [5.74, 6) is 0.333. The van der Waals surface area contributed by atoms with Crippen LogP contribution in [0.15, 0.2) is 46.9 Å². The minimum Gasteiger partial charge on any atom is -0.494 e. The Kier molecular flexibility index (Phi) is 5.93. The van der Waals surface area contributed by atoms with Crippen molar-refractivity contribution in [2.24, 2.45) is 0 Å². The zero-order valence-electron chi connectivity index (χ0n) is 14.6. The Bertz CT molecular complexity index is 805. The van der Waals surface area contributed by atoms with Crippen LogP contribution in [0.1, 0.15) is 36.5 Å². The van der Waals surface area contributed by atoms with E-state index in [0.29, 0.717) is 23.5 Å². The standard InChI is InChI=1S/C20H21BrN2O3/c1-2-3-4-11-26-16-8-5-14(6-9-16)20(25)23-13-19(24)22-17-12-15(21)7-10-18(17)23/h5-10,12H,2-4,11,13H2,1H3,(H,22,24). The Hall–Kier alpha value is -2.34. The number of unbranched alkanes of at least 4 members (excludes halogenated alkanes) is 2. The van der Waals surface area contributed by atoms with Crippen LogP contribution in [0.2, 0.25) is 0 Å². The van der Waals surface area contributed by atoms with E-state index in [-0.39, 0.29) is 18.4 Å². The lowest BCUT2D eigenvalue weighted by Gasteiger charge is -2.29. The summed E-state index contributed by atoms with van der Waals surface area (Å²) >= 11 is 3.38. The third kappa shape index (κ3) is 4.25. The zero-order chi connectivity index (χ0) is 18.5. The van der Waals surface area contributed by atoms with Gasteiger partial charge in [0.2, 0.25) is 5.91 Å². The molecule has 0 aliphatic carbocycles. The molecule has 0 radical (unpaired) electrons. The Morgan fingerprint density at radius 2 is 1.96 bits per heavy atom. The first-order valence-corrected chi connectivity index (χ1v) is 9.52. The second-order valence-corrected chi connectivity index (χ2v) is 7.10. The highest BCUT2D eigenvalue weighted by Gasteiger charge is 2.27. The number of halogens is 1. The number of fused-ring (bicyclic) bond motifs is 1. The molecule has 0 atom stereocenters. The fourth-order valence-corrected chi connectivity index (χ4v) is 3.20. The Balaban J connectivity index is 1.74. The zero-order valence-corrected chi connectivity index (χ0v) is 16.2. The van der Waals surface area contributed by atoms with E-state index in [1.54, 1.807) is 30.3 Å². The largest absolute Gasteiger partial charge is 0.494 e. The van der Waals surface area contributed by atoms with E-state index in [1.165, 1.54) is 4.90 Å². The maximum atomic E-state index is 12.9. The highest BCUT2D eigenvalue weighted by atomic mass is 79.9. The number of anilines is 2. The molecule has 0 spiro atoms. The molecule has 0 fully saturated rings. The summed E-state index contributed by atoms with van der Waals surface area (Å²) in [6, 6.07) is 12.5. The molecular formula is C20H21BrN2O3. The first-order chi connectivity index (χ1) is 12.6. The van der Waals surface area contributed by atoms with Crippen molar-refractivity contribution in [3.8, 4) is 5.75 Å². The summed E-state index contributed by atoms with van der Waals surface area (Å²) in [5.41, 5.74) is 1.84. The molecule has 26 heavy (non-hydrogen) atoms. The summed E-state index contributed by atoms with van der Waals surface area (Å²) in [6.45, 7) is 2.83. The molecule has 0 bridgehead atoms. The van der Waals surface area contributed by atoms with Crippen molar-refractivity contribution < 1.29 is 14.3 Å². The Labute approximate surface area is 161 Å². The van der Waals surface area contributed by atoms with Gasteiger partial charge in [0.05, 0.1) is 18.0 Å². The minimum absolute atomic E-state index is 0.00271. The summed E-state index contributed by atoms with van der Waals surface area (Å²) in [5, 5.41) is 2.80. The molecule has 1 heterocycles. The molecule has 0 aromatic heterocycles. The fraction of sp³-hybridized carbons (Fsp3) is 0.300. The van der Waals surface area contributed by atoms with Gasteiger partial charge in [0.15, 0.2) is 0 Å². The normalized spacial score (nSPS) is 13.2. The highest BCUT2D eigenvalue weighted by molar-refractivity contribution is 9.10. The van der Waals surface area contributed by atoms with Crippen molar-refractivity contribution in [3.05, 3.63) is 52.5 Å². The van der Waals surface area contributed by atoms with Crippen LogP contribution in [0.4, 0.5) is 11.4 Å². The van der Waals surface area contributed by atoms with Crippen molar-refractivity contribution in [3.63, 3.8) is 0 Å². The minimum atomic E-state index is -0.208. The van der Waals surface area contributed by atoms with Gasteiger partial charge >= 0.3 is 0 Å². The molecule has 6 heteroatoms. The molecule has 1 aliphatic rings. The van der Waals surface area contributed by atoms with Crippen molar-refractivity contribution in [1.82, 2.24) is 0 Å². The summed E-state index contributed by atoms with van der Waals surface area (Å²) < 4.78 is 6.52. The van der Waals surface area contributed by atoms with Gasteiger partial charge in [-0.1, -0.05) is 35.7 Å². The van der Waals surface area contributed by atoms with Gasteiger partial charge in [-0.25, -0.2) is 0 Å². The van der Waals surface area contributed by atoms with E-state index in [0.717, 1.165) is 29.5 Å². The van der Waals surface area contributed by atoms with Gasteiger partial charge in [-0.3, -0.25) is 14.5 Å². The quantitative estimate of drug-likeness (QED) is 0.698. The maximum absolute atomic E-state index is 12.9. The van der Waals surface area contributed by atoms with Crippen molar-refractivity contribution >= 4 is 39.1 Å². The van der Waals surface area contributed by atoms with E-state index in [1.807, 2.05) is 12.1 Å². The highest BCUT2D eigenvalue weighted by Crippen LogP contribution is 2.33.